The molecular formula is C21H17N7O2. The highest BCUT2D eigenvalue weighted by Gasteiger charge is 2.19. The van der Waals surface area contributed by atoms with Gasteiger partial charge in [0.2, 0.25) is 0 Å². The molecule has 0 saturated heterocycles. The number of nitrogens with one attached hydrogen (secondary N) is 1. The van der Waals surface area contributed by atoms with E-state index in [9.17, 15) is 10.1 Å². The standard InChI is InChI=1S/C21H17N7O2/c1-3-30-21(29)16-11-23-12-24-19(16)27-20-14(9-22)10-25-28(20)18-8-13(2)15-6-4-5-7-17(15)26-18/h4-8,10-12H,3H2,1-2H3,(H,23,24,27). The Balaban J connectivity index is 1.82. The predicted octanol–water partition coefficient (Wildman–Crippen LogP) is 3.31. The van der Waals surface area contributed by atoms with Gasteiger partial charge < -0.3 is 10.1 Å². The highest BCUT2D eigenvalue weighted by molar-refractivity contribution is 5.95. The fourth-order valence-corrected chi connectivity index (χ4v) is 3.06. The fourth-order valence-electron chi connectivity index (χ4n) is 3.06. The van der Waals surface area contributed by atoms with Crippen LogP contribution in [-0.2, 0) is 4.74 Å². The second-order valence-corrected chi connectivity index (χ2v) is 6.38. The van der Waals surface area contributed by atoms with Gasteiger partial charge in [-0.05, 0) is 31.5 Å². The quantitative estimate of drug-likeness (QED) is 0.508. The molecule has 1 aromatic carbocycles. The molecule has 3 heterocycles. The lowest BCUT2D eigenvalue weighted by atomic mass is 10.1. The van der Waals surface area contributed by atoms with Crippen LogP contribution in [0.5, 0.6) is 0 Å². The van der Waals surface area contributed by atoms with Crippen molar-refractivity contribution >= 4 is 28.5 Å². The number of nitriles is 1. The molecule has 9 heteroatoms. The minimum Gasteiger partial charge on any atom is -0.462 e. The topological polar surface area (TPSA) is 119 Å². The van der Waals surface area contributed by atoms with Crippen molar-refractivity contribution in [2.75, 3.05) is 11.9 Å². The van der Waals surface area contributed by atoms with Crippen LogP contribution in [0.2, 0.25) is 0 Å². The molecule has 0 aliphatic carbocycles. The third-order valence-corrected chi connectivity index (χ3v) is 4.46. The second kappa shape index (κ2) is 7.97. The average Bonchev–Trinajstić information content (AvgIpc) is 3.17. The van der Waals surface area contributed by atoms with Gasteiger partial charge >= 0.3 is 5.97 Å². The molecule has 148 valence electrons. The largest absolute Gasteiger partial charge is 0.462 e. The molecule has 9 nitrogen and oxygen atoms in total. The van der Waals surface area contributed by atoms with E-state index in [0.717, 1.165) is 16.5 Å². The van der Waals surface area contributed by atoms with E-state index in [1.165, 1.54) is 23.4 Å². The van der Waals surface area contributed by atoms with Crippen LogP contribution in [-0.4, -0.2) is 37.3 Å². The number of carbonyl (C=O) groups is 1. The van der Waals surface area contributed by atoms with Crippen molar-refractivity contribution in [1.82, 2.24) is 24.7 Å². The van der Waals surface area contributed by atoms with E-state index < -0.39 is 5.97 Å². The first kappa shape index (κ1) is 19.0. The second-order valence-electron chi connectivity index (χ2n) is 6.38. The van der Waals surface area contributed by atoms with Gasteiger partial charge in [0.1, 0.15) is 29.3 Å². The first-order valence-corrected chi connectivity index (χ1v) is 9.21. The normalized spacial score (nSPS) is 10.6. The molecule has 3 aromatic heterocycles. The summed E-state index contributed by atoms with van der Waals surface area (Å²) in [4.78, 5) is 25.0. The number of benzene rings is 1. The number of rotatable bonds is 5. The van der Waals surface area contributed by atoms with Gasteiger partial charge in [0, 0.05) is 11.6 Å². The van der Waals surface area contributed by atoms with Gasteiger partial charge in [-0.15, -0.1) is 0 Å². The van der Waals surface area contributed by atoms with Gasteiger partial charge in [0.25, 0.3) is 0 Å². The summed E-state index contributed by atoms with van der Waals surface area (Å²) in [5.74, 6) is 0.509. The maximum atomic E-state index is 12.3. The summed E-state index contributed by atoms with van der Waals surface area (Å²) in [6.45, 7) is 3.92. The molecule has 0 aliphatic heterocycles. The Hall–Kier alpha value is -4.32. The van der Waals surface area contributed by atoms with Gasteiger partial charge in [-0.25, -0.2) is 19.7 Å². The summed E-state index contributed by atoms with van der Waals surface area (Å²) in [7, 11) is 0. The molecule has 0 unspecified atom stereocenters. The number of carbonyl (C=O) groups excluding carboxylic acids is 1. The lowest BCUT2D eigenvalue weighted by molar-refractivity contribution is 0.0526. The van der Waals surface area contributed by atoms with Crippen molar-refractivity contribution < 1.29 is 9.53 Å². The number of hydrogen-bond donors (Lipinski definition) is 1. The Bertz CT molecular complexity index is 1290. The van der Waals surface area contributed by atoms with Gasteiger partial charge in [-0.2, -0.15) is 15.0 Å². The average molecular weight is 399 g/mol. The Morgan fingerprint density at radius 3 is 2.93 bits per heavy atom. The maximum absolute atomic E-state index is 12.3. The molecule has 0 saturated carbocycles. The molecule has 0 bridgehead atoms. The Labute approximate surface area is 172 Å². The van der Waals surface area contributed by atoms with E-state index in [0.29, 0.717) is 11.6 Å². The molecule has 0 radical (unpaired) electrons. The van der Waals surface area contributed by atoms with Crippen molar-refractivity contribution in [3.8, 4) is 11.9 Å². The zero-order valence-electron chi connectivity index (χ0n) is 16.3. The molecule has 0 fully saturated rings. The van der Waals surface area contributed by atoms with Crippen molar-refractivity contribution in [2.45, 2.75) is 13.8 Å². The molecule has 0 atom stereocenters. The van der Waals surface area contributed by atoms with E-state index in [2.05, 4.69) is 31.4 Å². The smallest absolute Gasteiger partial charge is 0.343 e. The minimum absolute atomic E-state index is 0.152. The highest BCUT2D eigenvalue weighted by atomic mass is 16.5. The summed E-state index contributed by atoms with van der Waals surface area (Å²) >= 11 is 0. The zero-order valence-corrected chi connectivity index (χ0v) is 16.3. The summed E-state index contributed by atoms with van der Waals surface area (Å²) < 4.78 is 6.57. The number of hydrogen-bond acceptors (Lipinski definition) is 8. The Morgan fingerprint density at radius 2 is 2.13 bits per heavy atom. The lowest BCUT2D eigenvalue weighted by Crippen LogP contribution is -2.12. The summed E-state index contributed by atoms with van der Waals surface area (Å²) in [6, 6.07) is 11.8. The third kappa shape index (κ3) is 3.42. The van der Waals surface area contributed by atoms with Gasteiger partial charge in [-0.3, -0.25) is 0 Å². The molecule has 0 spiro atoms. The number of para-hydroxylation sites is 1. The van der Waals surface area contributed by atoms with Gasteiger partial charge in [0.15, 0.2) is 11.6 Å². The molecule has 1 N–H and O–H groups in total. The first-order chi connectivity index (χ1) is 14.6. The minimum atomic E-state index is -0.565. The number of esters is 1. The van der Waals surface area contributed by atoms with Crippen LogP contribution in [0.1, 0.15) is 28.4 Å². The van der Waals surface area contributed by atoms with Gasteiger partial charge in [-0.1, -0.05) is 18.2 Å². The fraction of sp³-hybridized carbons (Fsp3) is 0.143. The Morgan fingerprint density at radius 1 is 1.30 bits per heavy atom. The van der Waals surface area contributed by atoms with E-state index >= 15 is 0 Å². The zero-order chi connectivity index (χ0) is 21.1. The molecule has 4 rings (SSSR count). The maximum Gasteiger partial charge on any atom is 0.343 e. The summed E-state index contributed by atoms with van der Waals surface area (Å²) in [6.07, 6.45) is 4.09. The number of fused-ring (bicyclic) bond motifs is 1. The van der Waals surface area contributed by atoms with Crippen LogP contribution in [0.15, 0.2) is 49.1 Å². The summed E-state index contributed by atoms with van der Waals surface area (Å²) in [5.41, 5.74) is 2.25. The molecular weight excluding hydrogens is 382 g/mol. The number of aryl methyl sites for hydroxylation is 1. The third-order valence-electron chi connectivity index (χ3n) is 4.46. The number of nitrogens with zero attached hydrogens (tertiary/aromatic N) is 6. The van der Waals surface area contributed by atoms with Crippen molar-refractivity contribution in [1.29, 1.82) is 5.26 Å². The van der Waals surface area contributed by atoms with Crippen LogP contribution in [0.3, 0.4) is 0 Å². The van der Waals surface area contributed by atoms with Crippen LogP contribution in [0.25, 0.3) is 16.7 Å². The number of ether oxygens (including phenoxy) is 1. The lowest BCUT2D eigenvalue weighted by Gasteiger charge is -2.13. The van der Waals surface area contributed by atoms with Crippen LogP contribution < -0.4 is 5.32 Å². The summed E-state index contributed by atoms with van der Waals surface area (Å²) in [5, 5.41) is 17.9. The Kier molecular flexibility index (Phi) is 5.05. The first-order valence-electron chi connectivity index (χ1n) is 9.21. The monoisotopic (exact) mass is 399 g/mol. The SMILES string of the molecule is CCOC(=O)c1cncnc1Nc1c(C#N)cnn1-c1cc(C)c2ccccc2n1. The molecule has 0 aliphatic rings. The predicted molar refractivity (Wildman–Crippen MR) is 110 cm³/mol. The van der Waals surface area contributed by atoms with Crippen LogP contribution in [0.4, 0.5) is 11.6 Å². The highest BCUT2D eigenvalue weighted by Crippen LogP contribution is 2.26. The molecule has 30 heavy (non-hydrogen) atoms. The van der Waals surface area contributed by atoms with Crippen molar-refractivity contribution in [3.05, 3.63) is 65.7 Å². The van der Waals surface area contributed by atoms with E-state index in [4.69, 9.17) is 4.74 Å². The van der Waals surface area contributed by atoms with E-state index in [-0.39, 0.29) is 23.6 Å². The van der Waals surface area contributed by atoms with Gasteiger partial charge in [0.05, 0.1) is 18.3 Å². The molecule has 4 aromatic rings. The van der Waals surface area contributed by atoms with Crippen molar-refractivity contribution in [3.63, 3.8) is 0 Å². The van der Waals surface area contributed by atoms with Crippen molar-refractivity contribution in [2.24, 2.45) is 0 Å². The van der Waals surface area contributed by atoms with E-state index in [1.807, 2.05) is 37.3 Å². The van der Waals surface area contributed by atoms with E-state index in [1.54, 1.807) is 6.92 Å². The number of anilines is 2. The molecule has 0 amide bonds. The van der Waals surface area contributed by atoms with Crippen LogP contribution >= 0.6 is 0 Å². The number of aromatic nitrogens is 5. The van der Waals surface area contributed by atoms with Crippen LogP contribution in [0, 0.1) is 18.3 Å². The number of pyridine rings is 1.